The maximum atomic E-state index is 12.8. The Hall–Kier alpha value is -4.25. The summed E-state index contributed by atoms with van der Waals surface area (Å²) in [4.78, 5) is 4.26. The highest BCUT2D eigenvalue weighted by atomic mass is 32.1. The first-order chi connectivity index (χ1) is 17.6. The first-order valence-electron chi connectivity index (χ1n) is 11.1. The van der Waals surface area contributed by atoms with Crippen LogP contribution in [-0.2, 0) is 6.18 Å². The average molecular weight is 525 g/mol. The molecule has 0 atom stereocenters. The Balaban J connectivity index is 1.36. The van der Waals surface area contributed by atoms with Gasteiger partial charge in [-0.15, -0.1) is 5.10 Å². The zero-order valence-electron chi connectivity index (χ0n) is 20.2. The summed E-state index contributed by atoms with van der Waals surface area (Å²) < 4.78 is 45.0. The second-order valence-corrected chi connectivity index (χ2v) is 8.55. The van der Waals surface area contributed by atoms with Gasteiger partial charge in [-0.1, -0.05) is 24.3 Å². The fourth-order valence-electron chi connectivity index (χ4n) is 3.59. The number of aromatic nitrogens is 3. The lowest BCUT2D eigenvalue weighted by Crippen LogP contribution is -2.24. The van der Waals surface area contributed by atoms with Gasteiger partial charge in [0, 0.05) is 11.3 Å². The average Bonchev–Trinajstić information content (AvgIpc) is 3.36. The molecule has 1 heterocycles. The van der Waals surface area contributed by atoms with E-state index in [2.05, 4.69) is 25.9 Å². The van der Waals surface area contributed by atoms with Crippen LogP contribution in [0.5, 0.6) is 5.75 Å². The van der Waals surface area contributed by atoms with Gasteiger partial charge in [-0.25, -0.2) is 9.67 Å². The number of thiocarbonyl (C=S) groups is 1. The zero-order chi connectivity index (χ0) is 26.6. The minimum atomic E-state index is -4.39. The van der Waals surface area contributed by atoms with Crippen LogP contribution in [0.3, 0.4) is 0 Å². The van der Waals surface area contributed by atoms with E-state index in [1.807, 2.05) is 50.2 Å². The first kappa shape index (κ1) is 25.8. The Morgan fingerprint density at radius 1 is 1.03 bits per heavy atom. The quantitative estimate of drug-likeness (QED) is 0.186. The van der Waals surface area contributed by atoms with Gasteiger partial charge in [-0.05, 0) is 79.2 Å². The minimum Gasteiger partial charge on any atom is -0.497 e. The van der Waals surface area contributed by atoms with E-state index in [0.29, 0.717) is 16.6 Å². The smallest absolute Gasteiger partial charge is 0.416 e. The molecule has 0 saturated carbocycles. The molecule has 3 aromatic carbocycles. The largest absolute Gasteiger partial charge is 0.497 e. The predicted octanol–water partition coefficient (Wildman–Crippen LogP) is 5.90. The summed E-state index contributed by atoms with van der Waals surface area (Å²) in [6, 6.07) is 15.9. The van der Waals surface area contributed by atoms with Crippen LogP contribution in [0.2, 0.25) is 0 Å². The molecule has 4 rings (SSSR count). The van der Waals surface area contributed by atoms with Crippen LogP contribution >= 0.6 is 12.2 Å². The number of nitrogens with one attached hydrogen (secondary N) is 2. The highest BCUT2D eigenvalue weighted by Gasteiger charge is 2.30. The van der Waals surface area contributed by atoms with Crippen LogP contribution in [0.4, 0.5) is 18.9 Å². The summed E-state index contributed by atoms with van der Waals surface area (Å²) in [5.74, 6) is 1.22. The lowest BCUT2D eigenvalue weighted by Gasteiger charge is -2.14. The number of hydrogen-bond donors (Lipinski definition) is 2. The van der Waals surface area contributed by atoms with Crippen LogP contribution in [0, 0.1) is 13.8 Å². The van der Waals surface area contributed by atoms with Crippen LogP contribution in [0.15, 0.2) is 72.1 Å². The van der Waals surface area contributed by atoms with Crippen molar-refractivity contribution >= 4 is 29.2 Å². The Bertz CT molecular complexity index is 1410. The molecule has 37 heavy (non-hydrogen) atoms. The van der Waals surface area contributed by atoms with Crippen LogP contribution < -0.4 is 15.5 Å². The van der Waals surface area contributed by atoms with Gasteiger partial charge in [-0.2, -0.15) is 18.3 Å². The van der Waals surface area contributed by atoms with E-state index < -0.39 is 11.7 Å². The number of alkyl halides is 3. The van der Waals surface area contributed by atoms with Gasteiger partial charge >= 0.3 is 6.18 Å². The van der Waals surface area contributed by atoms with E-state index in [9.17, 15) is 13.2 Å². The molecule has 4 aromatic rings. The summed E-state index contributed by atoms with van der Waals surface area (Å²) in [5, 5.41) is 12.0. The van der Waals surface area contributed by atoms with Crippen molar-refractivity contribution in [1.82, 2.24) is 20.2 Å². The molecule has 0 aliphatic rings. The van der Waals surface area contributed by atoms with Crippen molar-refractivity contribution in [2.75, 3.05) is 12.4 Å². The van der Waals surface area contributed by atoms with E-state index in [4.69, 9.17) is 17.0 Å². The summed E-state index contributed by atoms with van der Waals surface area (Å²) in [6.45, 7) is 3.93. The van der Waals surface area contributed by atoms with Crippen LogP contribution in [0.1, 0.15) is 22.3 Å². The third kappa shape index (κ3) is 6.31. The van der Waals surface area contributed by atoms with Gasteiger partial charge in [0.1, 0.15) is 12.1 Å². The van der Waals surface area contributed by atoms with Crippen LogP contribution in [-0.4, -0.2) is 33.2 Å². The normalized spacial score (nSPS) is 11.5. The Kier molecular flexibility index (Phi) is 7.53. The van der Waals surface area contributed by atoms with Crippen LogP contribution in [0.25, 0.3) is 17.1 Å². The molecular weight excluding hydrogens is 501 g/mol. The zero-order valence-corrected chi connectivity index (χ0v) is 21.0. The molecule has 0 aliphatic heterocycles. The molecule has 0 unspecified atom stereocenters. The van der Waals surface area contributed by atoms with Gasteiger partial charge in [-0.3, -0.25) is 5.43 Å². The van der Waals surface area contributed by atoms with E-state index in [1.54, 1.807) is 13.3 Å². The maximum absolute atomic E-state index is 12.8. The number of aryl methyl sites for hydroxylation is 2. The maximum Gasteiger partial charge on any atom is 0.416 e. The van der Waals surface area contributed by atoms with Crippen molar-refractivity contribution in [1.29, 1.82) is 0 Å². The molecule has 0 bridgehead atoms. The van der Waals surface area contributed by atoms with Crippen molar-refractivity contribution in [3.63, 3.8) is 0 Å². The molecule has 0 aliphatic carbocycles. The summed E-state index contributed by atoms with van der Waals surface area (Å²) in [6.07, 6.45) is -1.31. The Morgan fingerprint density at radius 2 is 1.68 bits per heavy atom. The third-order valence-corrected chi connectivity index (χ3v) is 5.67. The lowest BCUT2D eigenvalue weighted by atomic mass is 10.1. The number of benzene rings is 3. The summed E-state index contributed by atoms with van der Waals surface area (Å²) >= 11 is 5.34. The van der Waals surface area contributed by atoms with E-state index in [0.717, 1.165) is 45.8 Å². The second kappa shape index (κ2) is 10.8. The number of hydrogen-bond acceptors (Lipinski definition) is 5. The van der Waals surface area contributed by atoms with Crippen molar-refractivity contribution < 1.29 is 17.9 Å². The number of nitrogens with zero attached hydrogens (tertiary/aromatic N) is 4. The molecule has 190 valence electrons. The molecule has 0 saturated heterocycles. The lowest BCUT2D eigenvalue weighted by molar-refractivity contribution is -0.137. The van der Waals surface area contributed by atoms with Gasteiger partial charge in [0.05, 0.1) is 24.6 Å². The Labute approximate surface area is 217 Å². The number of halogens is 3. The number of rotatable bonds is 6. The molecule has 0 fully saturated rings. The molecule has 0 radical (unpaired) electrons. The molecule has 2 N–H and O–H groups in total. The number of hydrazone groups is 1. The molecule has 0 spiro atoms. The third-order valence-electron chi connectivity index (χ3n) is 5.48. The van der Waals surface area contributed by atoms with E-state index >= 15 is 0 Å². The summed E-state index contributed by atoms with van der Waals surface area (Å²) in [5.41, 5.74) is 7.01. The van der Waals surface area contributed by atoms with Crippen molar-refractivity contribution in [3.8, 4) is 22.8 Å². The first-order valence-corrected chi connectivity index (χ1v) is 11.5. The highest BCUT2D eigenvalue weighted by molar-refractivity contribution is 7.80. The SMILES string of the molecule is COc1cc(C)c(NC(=S)NN=Cc2ccc(-c3ncn(-c4ccc(C(F)(F)F)cc4)n3)cc2)c(C)c1. The second-order valence-electron chi connectivity index (χ2n) is 8.14. The topological polar surface area (TPSA) is 76.4 Å². The Morgan fingerprint density at radius 3 is 2.27 bits per heavy atom. The van der Waals surface area contributed by atoms with Gasteiger partial charge in [0.15, 0.2) is 10.9 Å². The molecule has 7 nitrogen and oxygen atoms in total. The molecule has 11 heteroatoms. The van der Waals surface area contributed by atoms with Gasteiger partial charge in [0.25, 0.3) is 0 Å². The molecule has 0 amide bonds. The standard InChI is InChI=1S/C26H23F3N6OS/c1-16-12-22(36-3)13-17(2)23(16)32-25(37)33-31-14-18-4-6-19(7-5-18)24-30-15-35(34-24)21-10-8-20(9-11-21)26(27,28)29/h4-15H,1-3H3,(H2,32,33,37). The molecule has 1 aromatic heterocycles. The fourth-order valence-corrected chi connectivity index (χ4v) is 3.74. The minimum absolute atomic E-state index is 0.349. The number of ether oxygens (including phenoxy) is 1. The number of methoxy groups -OCH3 is 1. The summed E-state index contributed by atoms with van der Waals surface area (Å²) in [7, 11) is 1.63. The van der Waals surface area contributed by atoms with Crippen molar-refractivity contribution in [3.05, 3.63) is 89.2 Å². The fraction of sp³-hybridized carbons (Fsp3) is 0.154. The molecular formula is C26H23F3N6OS. The van der Waals surface area contributed by atoms with E-state index in [-0.39, 0.29) is 0 Å². The van der Waals surface area contributed by atoms with Crippen molar-refractivity contribution in [2.45, 2.75) is 20.0 Å². The van der Waals surface area contributed by atoms with Gasteiger partial charge < -0.3 is 10.1 Å². The highest BCUT2D eigenvalue weighted by Crippen LogP contribution is 2.30. The van der Waals surface area contributed by atoms with Gasteiger partial charge in [0.2, 0.25) is 0 Å². The number of anilines is 1. The monoisotopic (exact) mass is 524 g/mol. The van der Waals surface area contributed by atoms with Crippen molar-refractivity contribution in [2.24, 2.45) is 5.10 Å². The predicted molar refractivity (Wildman–Crippen MR) is 141 cm³/mol. The van der Waals surface area contributed by atoms with E-state index in [1.165, 1.54) is 23.1 Å².